The highest BCUT2D eigenvalue weighted by Gasteiger charge is 2.09. The fourth-order valence-electron chi connectivity index (χ4n) is 2.02. The van der Waals surface area contributed by atoms with Gasteiger partial charge in [-0.05, 0) is 25.0 Å². The Morgan fingerprint density at radius 3 is 2.95 bits per heavy atom. The summed E-state index contributed by atoms with van der Waals surface area (Å²) in [6.45, 7) is 6.61. The van der Waals surface area contributed by atoms with E-state index in [9.17, 15) is 0 Å². The van der Waals surface area contributed by atoms with Gasteiger partial charge < -0.3 is 10.2 Å². The molecule has 0 radical (unpaired) electrons. The van der Waals surface area contributed by atoms with Crippen LogP contribution < -0.4 is 5.32 Å². The number of hydrogen-bond acceptors (Lipinski definition) is 5. The molecule has 0 aromatic carbocycles. The minimum atomic E-state index is 0.635. The average Bonchev–Trinajstić information content (AvgIpc) is 2.48. The molecule has 0 bridgehead atoms. The first-order valence-corrected chi connectivity index (χ1v) is 7.26. The SMILES string of the molecule is CCCCCNC1=NCN(Cc2ncccc2C)C=N1. The highest BCUT2D eigenvalue weighted by atomic mass is 15.3. The molecule has 0 amide bonds. The second-order valence-corrected chi connectivity index (χ2v) is 5.02. The quantitative estimate of drug-likeness (QED) is 0.809. The molecule has 1 N–H and O–H groups in total. The molecule has 0 saturated heterocycles. The van der Waals surface area contributed by atoms with Gasteiger partial charge in [-0.2, -0.15) is 0 Å². The second kappa shape index (κ2) is 7.62. The molecule has 0 aliphatic carbocycles. The summed E-state index contributed by atoms with van der Waals surface area (Å²) in [6.07, 6.45) is 7.32. The second-order valence-electron chi connectivity index (χ2n) is 5.02. The van der Waals surface area contributed by atoms with Crippen LogP contribution in [0, 0.1) is 6.92 Å². The van der Waals surface area contributed by atoms with E-state index < -0.39 is 0 Å². The van der Waals surface area contributed by atoms with Gasteiger partial charge >= 0.3 is 0 Å². The van der Waals surface area contributed by atoms with E-state index in [2.05, 4.69) is 45.1 Å². The van der Waals surface area contributed by atoms with E-state index in [0.29, 0.717) is 6.67 Å². The Bertz CT molecular complexity index is 481. The summed E-state index contributed by atoms with van der Waals surface area (Å²) in [4.78, 5) is 15.2. The first kappa shape index (κ1) is 14.5. The molecule has 5 heteroatoms. The Balaban J connectivity index is 1.78. The zero-order valence-electron chi connectivity index (χ0n) is 12.3. The largest absolute Gasteiger partial charge is 0.354 e. The van der Waals surface area contributed by atoms with Crippen molar-refractivity contribution in [1.82, 2.24) is 15.2 Å². The van der Waals surface area contributed by atoms with Gasteiger partial charge in [-0.3, -0.25) is 4.98 Å². The fraction of sp³-hybridized carbons (Fsp3) is 0.533. The van der Waals surface area contributed by atoms with Gasteiger partial charge in [0, 0.05) is 12.7 Å². The molecule has 1 aliphatic heterocycles. The highest BCUT2D eigenvalue weighted by molar-refractivity contribution is 5.88. The van der Waals surface area contributed by atoms with Crippen molar-refractivity contribution in [2.24, 2.45) is 9.98 Å². The Morgan fingerprint density at radius 2 is 2.25 bits per heavy atom. The third-order valence-electron chi connectivity index (χ3n) is 3.28. The highest BCUT2D eigenvalue weighted by Crippen LogP contribution is 2.07. The number of aromatic nitrogens is 1. The number of nitrogens with zero attached hydrogens (tertiary/aromatic N) is 4. The molecule has 0 spiro atoms. The number of hydrogen-bond donors (Lipinski definition) is 1. The summed E-state index contributed by atoms with van der Waals surface area (Å²) in [5, 5.41) is 3.26. The lowest BCUT2D eigenvalue weighted by atomic mass is 10.2. The number of aryl methyl sites for hydroxylation is 1. The third kappa shape index (κ3) is 4.33. The monoisotopic (exact) mass is 273 g/mol. The summed E-state index contributed by atoms with van der Waals surface area (Å²) in [7, 11) is 0. The van der Waals surface area contributed by atoms with Crippen LogP contribution in [0.3, 0.4) is 0 Å². The molecular formula is C15H23N5. The molecule has 108 valence electrons. The molecule has 1 aromatic heterocycles. The normalized spacial score (nSPS) is 14.3. The van der Waals surface area contributed by atoms with Crippen LogP contribution in [0.2, 0.25) is 0 Å². The van der Waals surface area contributed by atoms with E-state index >= 15 is 0 Å². The fourth-order valence-corrected chi connectivity index (χ4v) is 2.02. The van der Waals surface area contributed by atoms with Crippen molar-refractivity contribution in [3.8, 4) is 0 Å². The number of guanidine groups is 1. The smallest absolute Gasteiger partial charge is 0.221 e. The van der Waals surface area contributed by atoms with Crippen molar-refractivity contribution >= 4 is 12.3 Å². The van der Waals surface area contributed by atoms with Gasteiger partial charge in [0.15, 0.2) is 0 Å². The van der Waals surface area contributed by atoms with Gasteiger partial charge in [0.2, 0.25) is 5.96 Å². The van der Waals surface area contributed by atoms with Crippen molar-refractivity contribution in [2.75, 3.05) is 13.2 Å². The van der Waals surface area contributed by atoms with Crippen LogP contribution in [0.1, 0.15) is 37.4 Å². The lowest BCUT2D eigenvalue weighted by molar-refractivity contribution is 0.426. The topological polar surface area (TPSA) is 52.9 Å². The minimum Gasteiger partial charge on any atom is -0.354 e. The van der Waals surface area contributed by atoms with E-state index in [0.717, 1.165) is 24.7 Å². The number of aliphatic imine (C=N–C) groups is 2. The van der Waals surface area contributed by atoms with Gasteiger partial charge in [-0.25, -0.2) is 9.98 Å². The van der Waals surface area contributed by atoms with E-state index in [1.807, 2.05) is 18.6 Å². The Kier molecular flexibility index (Phi) is 5.53. The first-order valence-electron chi connectivity index (χ1n) is 7.26. The number of rotatable bonds is 6. The molecule has 0 atom stereocenters. The van der Waals surface area contributed by atoms with Crippen LogP contribution in [0.4, 0.5) is 0 Å². The van der Waals surface area contributed by atoms with Gasteiger partial charge in [-0.15, -0.1) is 0 Å². The molecule has 2 heterocycles. The van der Waals surface area contributed by atoms with Crippen molar-refractivity contribution in [1.29, 1.82) is 0 Å². The summed E-state index contributed by atoms with van der Waals surface area (Å²) < 4.78 is 0. The number of unbranched alkanes of at least 4 members (excludes halogenated alkanes) is 2. The van der Waals surface area contributed by atoms with Crippen molar-refractivity contribution in [2.45, 2.75) is 39.7 Å². The van der Waals surface area contributed by atoms with Gasteiger partial charge in [-0.1, -0.05) is 25.8 Å². The van der Waals surface area contributed by atoms with Gasteiger partial charge in [0.05, 0.1) is 18.6 Å². The van der Waals surface area contributed by atoms with Crippen molar-refractivity contribution in [3.05, 3.63) is 29.6 Å². The molecule has 1 aromatic rings. The minimum absolute atomic E-state index is 0.635. The molecule has 2 rings (SSSR count). The first-order chi connectivity index (χ1) is 9.79. The van der Waals surface area contributed by atoms with Crippen LogP contribution in [0.5, 0.6) is 0 Å². The van der Waals surface area contributed by atoms with Gasteiger partial charge in [0.25, 0.3) is 0 Å². The lowest BCUT2D eigenvalue weighted by Gasteiger charge is -2.21. The predicted molar refractivity (Wildman–Crippen MR) is 82.8 cm³/mol. The summed E-state index contributed by atoms with van der Waals surface area (Å²) >= 11 is 0. The van der Waals surface area contributed by atoms with Crippen LogP contribution >= 0.6 is 0 Å². The molecule has 0 unspecified atom stereocenters. The molecule has 0 fully saturated rings. The number of nitrogens with one attached hydrogen (secondary N) is 1. The van der Waals surface area contributed by atoms with Crippen LogP contribution in [-0.2, 0) is 6.54 Å². The van der Waals surface area contributed by atoms with E-state index in [4.69, 9.17) is 0 Å². The van der Waals surface area contributed by atoms with Crippen LogP contribution in [0.25, 0.3) is 0 Å². The predicted octanol–water partition coefficient (Wildman–Crippen LogP) is 2.33. The molecule has 20 heavy (non-hydrogen) atoms. The van der Waals surface area contributed by atoms with E-state index in [-0.39, 0.29) is 0 Å². The maximum absolute atomic E-state index is 4.44. The lowest BCUT2D eigenvalue weighted by Crippen LogP contribution is -2.32. The van der Waals surface area contributed by atoms with E-state index in [1.54, 1.807) is 0 Å². The Morgan fingerprint density at radius 1 is 1.35 bits per heavy atom. The summed E-state index contributed by atoms with van der Waals surface area (Å²) in [5.74, 6) is 0.745. The Labute approximate surface area is 120 Å². The van der Waals surface area contributed by atoms with Gasteiger partial charge in [0.1, 0.15) is 6.67 Å². The molecule has 0 saturated carbocycles. The molecular weight excluding hydrogens is 250 g/mol. The Hall–Kier alpha value is -1.91. The zero-order valence-corrected chi connectivity index (χ0v) is 12.3. The van der Waals surface area contributed by atoms with Crippen LogP contribution in [0.15, 0.2) is 28.3 Å². The van der Waals surface area contributed by atoms with E-state index in [1.165, 1.54) is 24.8 Å². The summed E-state index contributed by atoms with van der Waals surface area (Å²) in [6, 6.07) is 4.03. The number of pyridine rings is 1. The molecule has 1 aliphatic rings. The van der Waals surface area contributed by atoms with Crippen molar-refractivity contribution in [3.63, 3.8) is 0 Å². The zero-order chi connectivity index (χ0) is 14.2. The summed E-state index contributed by atoms with van der Waals surface area (Å²) in [5.41, 5.74) is 2.28. The van der Waals surface area contributed by atoms with Crippen molar-refractivity contribution < 1.29 is 0 Å². The maximum atomic E-state index is 4.44. The average molecular weight is 273 g/mol. The third-order valence-corrected chi connectivity index (χ3v) is 3.28. The maximum Gasteiger partial charge on any atom is 0.221 e. The molecule has 5 nitrogen and oxygen atoms in total. The van der Waals surface area contributed by atoms with Crippen LogP contribution in [-0.4, -0.2) is 35.4 Å². The standard InChI is InChI=1S/C15H23N5/c1-3-4-5-8-17-15-18-11-20(12-19-15)10-14-13(2)7-6-9-16-14/h6-7,9,11H,3-5,8,10,12H2,1-2H3,(H,17,19).